The molecule has 5 heteroatoms. The van der Waals surface area contributed by atoms with E-state index in [0.29, 0.717) is 10.9 Å². The highest BCUT2D eigenvalue weighted by atomic mass is 32.2. The first kappa shape index (κ1) is 15.3. The smallest absolute Gasteiger partial charge is 0.268 e. The van der Waals surface area contributed by atoms with Crippen LogP contribution in [0.25, 0.3) is 6.08 Å². The van der Waals surface area contributed by atoms with Crippen molar-refractivity contribution in [1.29, 1.82) is 0 Å². The van der Waals surface area contributed by atoms with Crippen LogP contribution in [0.2, 0.25) is 0 Å². The summed E-state index contributed by atoms with van der Waals surface area (Å²) in [6, 6.07) is 6.40. The number of amides is 1. The molecule has 3 nitrogen and oxygen atoms in total. The fraction of sp³-hybridized carbons (Fsp3) is 0.294. The zero-order chi connectivity index (χ0) is 15.9. The highest BCUT2D eigenvalue weighted by molar-refractivity contribution is 8.26. The predicted octanol–water partition coefficient (Wildman–Crippen LogP) is 3.94. The van der Waals surface area contributed by atoms with E-state index in [1.807, 2.05) is 13.0 Å². The van der Waals surface area contributed by atoms with Gasteiger partial charge < -0.3 is 4.90 Å². The third kappa shape index (κ3) is 2.38. The monoisotopic (exact) mass is 330 g/mol. The highest BCUT2D eigenvalue weighted by Gasteiger charge is 2.35. The Kier molecular flexibility index (Phi) is 4.10. The van der Waals surface area contributed by atoms with E-state index in [1.54, 1.807) is 4.90 Å². The van der Waals surface area contributed by atoms with Crippen molar-refractivity contribution in [2.75, 3.05) is 18.0 Å². The van der Waals surface area contributed by atoms with Crippen LogP contribution in [0.3, 0.4) is 0 Å². The molecule has 0 unspecified atom stereocenters. The third-order valence-corrected chi connectivity index (χ3v) is 5.35. The van der Waals surface area contributed by atoms with Crippen molar-refractivity contribution >= 4 is 46.0 Å². The molecule has 0 aliphatic carbocycles. The summed E-state index contributed by atoms with van der Waals surface area (Å²) in [5.74, 6) is 0.0196. The minimum absolute atomic E-state index is 0.0196. The quantitative estimate of drug-likeness (QED) is 0.605. The molecule has 0 atom stereocenters. The minimum Gasteiger partial charge on any atom is -0.340 e. The van der Waals surface area contributed by atoms with Gasteiger partial charge in [-0.25, -0.2) is 0 Å². The molecule has 0 saturated carbocycles. The lowest BCUT2D eigenvalue weighted by Crippen LogP contribution is -2.30. The second-order valence-electron chi connectivity index (χ2n) is 5.27. The van der Waals surface area contributed by atoms with Gasteiger partial charge in [0, 0.05) is 18.8 Å². The lowest BCUT2D eigenvalue weighted by Gasteiger charge is -2.30. The summed E-state index contributed by atoms with van der Waals surface area (Å²) < 4.78 is 0.647. The predicted molar refractivity (Wildman–Crippen MR) is 97.8 cm³/mol. The minimum atomic E-state index is 0.0196. The molecule has 1 aromatic carbocycles. The van der Waals surface area contributed by atoms with E-state index in [-0.39, 0.29) is 5.91 Å². The Labute approximate surface area is 140 Å². The van der Waals surface area contributed by atoms with E-state index >= 15 is 0 Å². The SMILES string of the molecule is CCN1C(=O)/C(=C2/C=Cc3cc(C)ccc3N2CC)SC1=S. The van der Waals surface area contributed by atoms with Crippen LogP contribution in [0.1, 0.15) is 25.0 Å². The maximum atomic E-state index is 12.6. The molecule has 1 aromatic rings. The molecule has 2 aliphatic rings. The number of benzene rings is 1. The van der Waals surface area contributed by atoms with Crippen molar-refractivity contribution in [3.8, 4) is 0 Å². The normalized spacial score (nSPS) is 20.9. The molecular formula is C17H18N2OS2. The average molecular weight is 330 g/mol. The number of aryl methyl sites for hydroxylation is 1. The number of hydrogen-bond acceptors (Lipinski definition) is 4. The number of allylic oxidation sites excluding steroid dienone is 1. The maximum absolute atomic E-state index is 12.6. The molecule has 0 N–H and O–H groups in total. The summed E-state index contributed by atoms with van der Waals surface area (Å²) in [6.07, 6.45) is 4.12. The summed E-state index contributed by atoms with van der Waals surface area (Å²) in [7, 11) is 0. The van der Waals surface area contributed by atoms with Gasteiger partial charge in [-0.1, -0.05) is 41.7 Å². The molecule has 2 aliphatic heterocycles. The van der Waals surface area contributed by atoms with Crippen LogP contribution >= 0.6 is 24.0 Å². The molecule has 0 spiro atoms. The fourth-order valence-electron chi connectivity index (χ4n) is 2.81. The Balaban J connectivity index is 2.10. The largest absolute Gasteiger partial charge is 0.340 e. The summed E-state index contributed by atoms with van der Waals surface area (Å²) >= 11 is 6.73. The zero-order valence-corrected chi connectivity index (χ0v) is 14.6. The van der Waals surface area contributed by atoms with Crippen LogP contribution in [-0.2, 0) is 4.79 Å². The van der Waals surface area contributed by atoms with Crippen LogP contribution < -0.4 is 4.90 Å². The van der Waals surface area contributed by atoms with Gasteiger partial charge in [-0.15, -0.1) is 0 Å². The van der Waals surface area contributed by atoms with Crippen molar-refractivity contribution in [1.82, 2.24) is 4.90 Å². The first-order valence-corrected chi connectivity index (χ1v) is 8.63. The van der Waals surface area contributed by atoms with Gasteiger partial charge in [0.1, 0.15) is 9.23 Å². The number of carbonyl (C=O) groups is 1. The molecule has 0 aromatic heterocycles. The van der Waals surface area contributed by atoms with Gasteiger partial charge >= 0.3 is 0 Å². The highest BCUT2D eigenvalue weighted by Crippen LogP contribution is 2.39. The fourth-order valence-corrected chi connectivity index (χ4v) is 4.25. The Morgan fingerprint density at radius 2 is 1.86 bits per heavy atom. The molecule has 3 rings (SSSR count). The van der Waals surface area contributed by atoms with E-state index < -0.39 is 0 Å². The second kappa shape index (κ2) is 5.89. The number of thiocarbonyl (C=S) groups is 1. The van der Waals surface area contributed by atoms with Crippen molar-refractivity contribution in [2.24, 2.45) is 0 Å². The van der Waals surface area contributed by atoms with Crippen LogP contribution in [0.4, 0.5) is 5.69 Å². The van der Waals surface area contributed by atoms with Crippen molar-refractivity contribution in [2.45, 2.75) is 20.8 Å². The second-order valence-corrected chi connectivity index (χ2v) is 6.92. The number of carbonyl (C=O) groups excluding carboxylic acids is 1. The molecule has 1 fully saturated rings. The van der Waals surface area contributed by atoms with Crippen molar-refractivity contribution in [3.05, 3.63) is 46.0 Å². The van der Waals surface area contributed by atoms with Crippen LogP contribution in [0, 0.1) is 6.92 Å². The third-order valence-electron chi connectivity index (χ3n) is 3.90. The molecule has 2 heterocycles. The van der Waals surface area contributed by atoms with Gasteiger partial charge in [0.05, 0.1) is 5.70 Å². The zero-order valence-electron chi connectivity index (χ0n) is 12.9. The average Bonchev–Trinajstić information content (AvgIpc) is 2.79. The van der Waals surface area contributed by atoms with Gasteiger partial charge in [-0.3, -0.25) is 9.69 Å². The number of fused-ring (bicyclic) bond motifs is 1. The van der Waals surface area contributed by atoms with Gasteiger partial charge in [0.25, 0.3) is 5.91 Å². The standard InChI is InChI=1S/C17H18N2OS2/c1-4-18-13-8-6-11(3)10-12(13)7-9-14(18)15-16(20)19(5-2)17(21)22-15/h6-10H,4-5H2,1-3H3/b15-14+. The van der Waals surface area contributed by atoms with Gasteiger partial charge in [0.15, 0.2) is 0 Å². The Bertz CT molecular complexity index is 721. The van der Waals surface area contributed by atoms with E-state index in [1.165, 1.54) is 22.9 Å². The molecule has 0 radical (unpaired) electrons. The maximum Gasteiger partial charge on any atom is 0.268 e. The lowest BCUT2D eigenvalue weighted by atomic mass is 10.0. The van der Waals surface area contributed by atoms with E-state index in [0.717, 1.165) is 22.8 Å². The van der Waals surface area contributed by atoms with Crippen LogP contribution in [0.5, 0.6) is 0 Å². The first-order chi connectivity index (χ1) is 10.6. The Hall–Kier alpha value is -1.59. The molecular weight excluding hydrogens is 312 g/mol. The Morgan fingerprint density at radius 1 is 1.14 bits per heavy atom. The number of anilines is 1. The summed E-state index contributed by atoms with van der Waals surface area (Å²) in [5, 5.41) is 0. The molecule has 0 bridgehead atoms. The topological polar surface area (TPSA) is 23.6 Å². The molecule has 22 heavy (non-hydrogen) atoms. The van der Waals surface area contributed by atoms with Gasteiger partial charge in [-0.2, -0.15) is 0 Å². The van der Waals surface area contributed by atoms with E-state index in [4.69, 9.17) is 12.2 Å². The van der Waals surface area contributed by atoms with Crippen molar-refractivity contribution < 1.29 is 4.79 Å². The molecule has 114 valence electrons. The first-order valence-electron chi connectivity index (χ1n) is 7.41. The van der Waals surface area contributed by atoms with Crippen molar-refractivity contribution in [3.63, 3.8) is 0 Å². The van der Waals surface area contributed by atoms with E-state index in [9.17, 15) is 4.79 Å². The van der Waals surface area contributed by atoms with E-state index in [2.05, 4.69) is 43.0 Å². The summed E-state index contributed by atoms with van der Waals surface area (Å²) in [6.45, 7) is 7.57. The number of rotatable bonds is 2. The van der Waals surface area contributed by atoms with Crippen LogP contribution in [-0.4, -0.2) is 28.2 Å². The van der Waals surface area contributed by atoms with Gasteiger partial charge in [-0.05, 0) is 44.5 Å². The number of likely N-dealkylation sites (N-methyl/N-ethyl adjacent to an activating group) is 2. The summed E-state index contributed by atoms with van der Waals surface area (Å²) in [4.78, 5) is 17.2. The number of nitrogens with zero attached hydrogens (tertiary/aromatic N) is 2. The molecule has 1 amide bonds. The van der Waals surface area contributed by atoms with Gasteiger partial charge in [0.2, 0.25) is 0 Å². The number of thioether (sulfide) groups is 1. The van der Waals surface area contributed by atoms with Crippen LogP contribution in [0.15, 0.2) is 34.9 Å². The number of hydrogen-bond donors (Lipinski definition) is 0. The molecule has 1 saturated heterocycles. The lowest BCUT2D eigenvalue weighted by molar-refractivity contribution is -0.122. The Morgan fingerprint density at radius 3 is 2.50 bits per heavy atom. The summed E-state index contributed by atoms with van der Waals surface area (Å²) in [5.41, 5.74) is 4.52.